The molecule has 1 atom stereocenters. The summed E-state index contributed by atoms with van der Waals surface area (Å²) in [4.78, 5) is 23.5. The average molecular weight is 290 g/mol. The Labute approximate surface area is 120 Å². The summed E-state index contributed by atoms with van der Waals surface area (Å²) in [6, 6.07) is 9.10. The minimum absolute atomic E-state index is 0.0322. The molecule has 0 radical (unpaired) electrons. The van der Waals surface area contributed by atoms with Crippen molar-refractivity contribution in [2.45, 2.75) is 12.5 Å². The van der Waals surface area contributed by atoms with E-state index in [1.165, 1.54) is 11.0 Å². The maximum absolute atomic E-state index is 11.8. The Morgan fingerprint density at radius 1 is 1.29 bits per heavy atom. The third-order valence-electron chi connectivity index (χ3n) is 2.70. The molecule has 0 aliphatic heterocycles. The van der Waals surface area contributed by atoms with Crippen LogP contribution in [0.1, 0.15) is 16.9 Å². The number of aliphatic hydroxyl groups is 1. The molecular weight excluding hydrogens is 276 g/mol. The van der Waals surface area contributed by atoms with Gasteiger partial charge in [0.15, 0.2) is 11.8 Å². The van der Waals surface area contributed by atoms with Crippen molar-refractivity contribution in [2.24, 2.45) is 0 Å². The molecule has 2 aromatic rings. The number of nitrogens with one attached hydrogen (secondary N) is 1. The van der Waals surface area contributed by atoms with E-state index in [2.05, 4.69) is 15.5 Å². The van der Waals surface area contributed by atoms with Crippen LogP contribution in [0.5, 0.6) is 0 Å². The Morgan fingerprint density at radius 3 is 2.67 bits per heavy atom. The van der Waals surface area contributed by atoms with Crippen molar-refractivity contribution >= 4 is 11.9 Å². The van der Waals surface area contributed by atoms with Crippen molar-refractivity contribution in [1.29, 1.82) is 0 Å². The molecule has 0 bridgehead atoms. The summed E-state index contributed by atoms with van der Waals surface area (Å²) in [5, 5.41) is 28.1. The maximum Gasteiger partial charge on any atom is 0.332 e. The molecule has 0 saturated carbocycles. The second-order valence-corrected chi connectivity index (χ2v) is 4.25. The van der Waals surface area contributed by atoms with Gasteiger partial charge in [0.2, 0.25) is 0 Å². The number of aliphatic hydroxyl groups excluding tert-OH is 1. The fourth-order valence-electron chi connectivity index (χ4n) is 1.59. The Balaban J connectivity index is 1.92. The van der Waals surface area contributed by atoms with Crippen molar-refractivity contribution in [3.8, 4) is 5.69 Å². The van der Waals surface area contributed by atoms with Gasteiger partial charge in [0, 0.05) is 13.0 Å². The monoisotopic (exact) mass is 290 g/mol. The number of aromatic nitrogens is 3. The van der Waals surface area contributed by atoms with Crippen LogP contribution in [0.25, 0.3) is 5.69 Å². The fourth-order valence-corrected chi connectivity index (χ4v) is 1.59. The van der Waals surface area contributed by atoms with Gasteiger partial charge in [-0.05, 0) is 12.1 Å². The zero-order valence-corrected chi connectivity index (χ0v) is 11.0. The van der Waals surface area contributed by atoms with Gasteiger partial charge in [-0.3, -0.25) is 4.79 Å². The Hall–Kier alpha value is -2.74. The van der Waals surface area contributed by atoms with E-state index in [4.69, 9.17) is 10.2 Å². The summed E-state index contributed by atoms with van der Waals surface area (Å²) in [5.74, 6) is -1.80. The van der Waals surface area contributed by atoms with E-state index < -0.39 is 18.0 Å². The molecule has 0 aliphatic rings. The largest absolute Gasteiger partial charge is 0.479 e. The van der Waals surface area contributed by atoms with Gasteiger partial charge in [-0.1, -0.05) is 18.2 Å². The number of hydrogen-bond donors (Lipinski definition) is 3. The summed E-state index contributed by atoms with van der Waals surface area (Å²) >= 11 is 0. The minimum atomic E-state index is -1.50. The SMILES string of the molecule is O=C(NCC[C@H](O)C(=O)O)c1cnn(-c2ccccc2)n1. The molecule has 1 aromatic carbocycles. The van der Waals surface area contributed by atoms with Gasteiger partial charge in [0.05, 0.1) is 11.9 Å². The molecule has 21 heavy (non-hydrogen) atoms. The third kappa shape index (κ3) is 3.86. The van der Waals surface area contributed by atoms with Crippen LogP contribution < -0.4 is 5.32 Å². The first kappa shape index (κ1) is 14.7. The summed E-state index contributed by atoms with van der Waals surface area (Å²) in [6.45, 7) is 0.0322. The number of hydrogen-bond acceptors (Lipinski definition) is 5. The van der Waals surface area contributed by atoms with Crippen LogP contribution in [0, 0.1) is 0 Å². The Morgan fingerprint density at radius 2 is 2.00 bits per heavy atom. The molecule has 1 heterocycles. The van der Waals surface area contributed by atoms with Gasteiger partial charge >= 0.3 is 5.97 Å². The van der Waals surface area contributed by atoms with Crippen LogP contribution in [-0.4, -0.2) is 49.7 Å². The lowest BCUT2D eigenvalue weighted by atomic mass is 10.2. The number of para-hydroxylation sites is 1. The number of carboxylic acids is 1. The first-order chi connectivity index (χ1) is 10.1. The maximum atomic E-state index is 11.8. The van der Waals surface area contributed by atoms with Gasteiger partial charge in [-0.15, -0.1) is 5.10 Å². The summed E-state index contributed by atoms with van der Waals surface area (Å²) in [7, 11) is 0. The number of aliphatic carboxylic acids is 1. The van der Waals surface area contributed by atoms with E-state index in [1.54, 1.807) is 12.1 Å². The Kier molecular flexibility index (Phi) is 4.62. The number of carbonyl (C=O) groups excluding carboxylic acids is 1. The molecule has 2 rings (SSSR count). The van der Waals surface area contributed by atoms with E-state index >= 15 is 0 Å². The van der Waals surface area contributed by atoms with Crippen LogP contribution >= 0.6 is 0 Å². The molecule has 1 amide bonds. The number of rotatable bonds is 6. The summed E-state index contributed by atoms with van der Waals surface area (Å²) in [6.07, 6.45) is -0.255. The molecule has 0 unspecified atom stereocenters. The van der Waals surface area contributed by atoms with Gasteiger partial charge in [-0.25, -0.2) is 4.79 Å². The molecule has 3 N–H and O–H groups in total. The molecule has 8 nitrogen and oxygen atoms in total. The lowest BCUT2D eigenvalue weighted by Crippen LogP contribution is -2.30. The summed E-state index contributed by atoms with van der Waals surface area (Å²) in [5.41, 5.74) is 0.835. The smallest absolute Gasteiger partial charge is 0.332 e. The first-order valence-electron chi connectivity index (χ1n) is 6.25. The van der Waals surface area contributed by atoms with Crippen molar-refractivity contribution in [1.82, 2.24) is 20.3 Å². The number of carboxylic acid groups (broad SMARTS) is 1. The standard InChI is InChI=1S/C13H14N4O4/c18-11(13(20)21)6-7-14-12(19)10-8-15-17(16-10)9-4-2-1-3-5-9/h1-5,8,11,18H,6-7H2,(H,14,19)(H,20,21)/t11-/m0/s1. The average Bonchev–Trinajstić information content (AvgIpc) is 2.97. The molecule has 0 fully saturated rings. The van der Waals surface area contributed by atoms with Gasteiger partial charge in [0.1, 0.15) is 0 Å². The predicted octanol–water partition coefficient (Wildman–Crippen LogP) is -0.167. The normalized spacial score (nSPS) is 11.9. The van der Waals surface area contributed by atoms with Crippen LogP contribution in [0.15, 0.2) is 36.5 Å². The lowest BCUT2D eigenvalue weighted by Gasteiger charge is -2.05. The van der Waals surface area contributed by atoms with Crippen LogP contribution in [0.4, 0.5) is 0 Å². The Bertz CT molecular complexity index is 626. The summed E-state index contributed by atoms with van der Waals surface area (Å²) < 4.78 is 0. The number of benzene rings is 1. The van der Waals surface area contributed by atoms with E-state index in [-0.39, 0.29) is 18.7 Å². The second kappa shape index (κ2) is 6.62. The van der Waals surface area contributed by atoms with Gasteiger partial charge in [-0.2, -0.15) is 9.90 Å². The number of nitrogens with zero attached hydrogens (tertiary/aromatic N) is 3. The van der Waals surface area contributed by atoms with Crippen LogP contribution in [0.2, 0.25) is 0 Å². The van der Waals surface area contributed by atoms with Crippen LogP contribution in [-0.2, 0) is 4.79 Å². The van der Waals surface area contributed by atoms with E-state index in [9.17, 15) is 9.59 Å². The zero-order chi connectivity index (χ0) is 15.2. The topological polar surface area (TPSA) is 117 Å². The van der Waals surface area contributed by atoms with E-state index in [1.807, 2.05) is 18.2 Å². The molecule has 0 saturated heterocycles. The van der Waals surface area contributed by atoms with Crippen molar-refractivity contribution in [2.75, 3.05) is 6.54 Å². The third-order valence-corrected chi connectivity index (χ3v) is 2.70. The van der Waals surface area contributed by atoms with Crippen molar-refractivity contribution in [3.63, 3.8) is 0 Å². The van der Waals surface area contributed by atoms with Crippen molar-refractivity contribution in [3.05, 3.63) is 42.2 Å². The quantitative estimate of drug-likeness (QED) is 0.680. The van der Waals surface area contributed by atoms with Crippen LogP contribution in [0.3, 0.4) is 0 Å². The van der Waals surface area contributed by atoms with Crippen molar-refractivity contribution < 1.29 is 19.8 Å². The fraction of sp³-hybridized carbons (Fsp3) is 0.231. The highest BCUT2D eigenvalue weighted by Gasteiger charge is 2.15. The van der Waals surface area contributed by atoms with E-state index in [0.29, 0.717) is 0 Å². The van der Waals surface area contributed by atoms with Gasteiger partial charge < -0.3 is 15.5 Å². The highest BCUT2D eigenvalue weighted by molar-refractivity contribution is 5.91. The number of amides is 1. The zero-order valence-electron chi connectivity index (χ0n) is 11.0. The highest BCUT2D eigenvalue weighted by atomic mass is 16.4. The molecule has 8 heteroatoms. The molecule has 110 valence electrons. The molecule has 0 spiro atoms. The van der Waals surface area contributed by atoms with Gasteiger partial charge in [0.25, 0.3) is 5.91 Å². The first-order valence-corrected chi connectivity index (χ1v) is 6.25. The second-order valence-electron chi connectivity index (χ2n) is 4.25. The highest BCUT2D eigenvalue weighted by Crippen LogP contribution is 2.04. The lowest BCUT2D eigenvalue weighted by molar-refractivity contribution is -0.146. The van der Waals surface area contributed by atoms with E-state index in [0.717, 1.165) is 5.69 Å². The predicted molar refractivity (Wildman–Crippen MR) is 72.0 cm³/mol. The molecule has 0 aliphatic carbocycles. The number of carbonyl (C=O) groups is 2. The minimum Gasteiger partial charge on any atom is -0.479 e. The molecule has 1 aromatic heterocycles. The molecular formula is C13H14N4O4.